The first-order valence-electron chi connectivity index (χ1n) is 9.49. The fraction of sp³-hybridized carbons (Fsp3) is 0.238. The van der Waals surface area contributed by atoms with Crippen molar-refractivity contribution in [2.24, 2.45) is 0 Å². The Morgan fingerprint density at radius 2 is 1.45 bits per heavy atom. The molecule has 29 heavy (non-hydrogen) atoms. The molecule has 0 unspecified atom stereocenters. The number of benzene rings is 2. The van der Waals surface area contributed by atoms with E-state index < -0.39 is 4.92 Å². The molecule has 3 aromatic rings. The highest BCUT2D eigenvalue weighted by atomic mass is 16.6. The number of nitrogen functional groups attached to an aromatic ring is 1. The summed E-state index contributed by atoms with van der Waals surface area (Å²) < 4.78 is 0. The van der Waals surface area contributed by atoms with Crippen LogP contribution in [-0.4, -0.2) is 46.0 Å². The minimum absolute atomic E-state index is 0.103. The highest BCUT2D eigenvalue weighted by Gasteiger charge is 2.31. The van der Waals surface area contributed by atoms with Crippen molar-refractivity contribution in [3.63, 3.8) is 0 Å². The maximum absolute atomic E-state index is 11.4. The molecule has 2 aromatic carbocycles. The monoisotopic (exact) mass is 390 g/mol. The summed E-state index contributed by atoms with van der Waals surface area (Å²) >= 11 is 0. The van der Waals surface area contributed by atoms with Crippen LogP contribution in [0.4, 0.5) is 17.3 Å². The van der Waals surface area contributed by atoms with Gasteiger partial charge in [0.1, 0.15) is 6.33 Å². The summed E-state index contributed by atoms with van der Waals surface area (Å²) in [6, 6.07) is 20.9. The molecule has 0 amide bonds. The van der Waals surface area contributed by atoms with Crippen molar-refractivity contribution in [2.75, 3.05) is 36.8 Å². The van der Waals surface area contributed by atoms with Gasteiger partial charge in [0.15, 0.2) is 0 Å². The maximum Gasteiger partial charge on any atom is 0.353 e. The van der Waals surface area contributed by atoms with E-state index in [1.165, 1.54) is 17.5 Å². The molecular formula is C21H22N6O2. The van der Waals surface area contributed by atoms with Crippen molar-refractivity contribution in [2.45, 2.75) is 6.04 Å². The molecule has 8 nitrogen and oxygen atoms in total. The van der Waals surface area contributed by atoms with Crippen LogP contribution in [0, 0.1) is 10.1 Å². The third-order valence-electron chi connectivity index (χ3n) is 5.22. The predicted octanol–water partition coefficient (Wildman–Crippen LogP) is 2.88. The van der Waals surface area contributed by atoms with Crippen molar-refractivity contribution < 1.29 is 4.92 Å². The van der Waals surface area contributed by atoms with Gasteiger partial charge in [-0.25, -0.2) is 9.97 Å². The first-order valence-corrected chi connectivity index (χ1v) is 9.49. The summed E-state index contributed by atoms with van der Waals surface area (Å²) in [7, 11) is 0. The number of rotatable bonds is 5. The van der Waals surface area contributed by atoms with Crippen molar-refractivity contribution in [3.05, 3.63) is 88.2 Å². The molecule has 2 heterocycles. The number of nitro groups is 1. The lowest BCUT2D eigenvalue weighted by Gasteiger charge is -2.40. The molecule has 0 aliphatic carbocycles. The number of hydrogen-bond donors (Lipinski definition) is 1. The number of nitrogens with two attached hydrogens (primary N) is 1. The largest absolute Gasteiger partial charge is 0.378 e. The Bertz CT molecular complexity index is 935. The summed E-state index contributed by atoms with van der Waals surface area (Å²) in [5.74, 6) is 0.187. The van der Waals surface area contributed by atoms with E-state index in [0.29, 0.717) is 13.1 Å². The summed E-state index contributed by atoms with van der Waals surface area (Å²) in [6.45, 7) is 2.73. The molecule has 0 atom stereocenters. The quantitative estimate of drug-likeness (QED) is 0.528. The lowest BCUT2D eigenvalue weighted by molar-refractivity contribution is -0.383. The van der Waals surface area contributed by atoms with E-state index >= 15 is 0 Å². The zero-order valence-corrected chi connectivity index (χ0v) is 15.9. The van der Waals surface area contributed by atoms with Crippen LogP contribution >= 0.6 is 0 Å². The molecule has 148 valence electrons. The molecule has 1 fully saturated rings. The Morgan fingerprint density at radius 3 is 1.97 bits per heavy atom. The minimum Gasteiger partial charge on any atom is -0.378 e. The van der Waals surface area contributed by atoms with Crippen molar-refractivity contribution in [3.8, 4) is 0 Å². The van der Waals surface area contributed by atoms with Crippen LogP contribution in [0.2, 0.25) is 0 Å². The Hall–Kier alpha value is -3.52. The molecule has 8 heteroatoms. The third kappa shape index (κ3) is 3.88. The van der Waals surface area contributed by atoms with Crippen LogP contribution in [0.3, 0.4) is 0 Å². The second-order valence-corrected chi connectivity index (χ2v) is 6.94. The molecule has 1 aromatic heterocycles. The highest BCUT2D eigenvalue weighted by Crippen LogP contribution is 2.33. The maximum atomic E-state index is 11.4. The van der Waals surface area contributed by atoms with Gasteiger partial charge in [-0.05, 0) is 11.1 Å². The van der Waals surface area contributed by atoms with E-state index in [0.717, 1.165) is 13.1 Å². The van der Waals surface area contributed by atoms with E-state index in [-0.39, 0.29) is 23.4 Å². The zero-order valence-electron chi connectivity index (χ0n) is 15.9. The first kappa shape index (κ1) is 18.8. The Kier molecular flexibility index (Phi) is 5.35. The van der Waals surface area contributed by atoms with Gasteiger partial charge in [-0.15, -0.1) is 0 Å². The zero-order chi connectivity index (χ0) is 20.2. The molecule has 0 radical (unpaired) electrons. The molecule has 1 aliphatic rings. The highest BCUT2D eigenvalue weighted by molar-refractivity contribution is 5.68. The van der Waals surface area contributed by atoms with Crippen molar-refractivity contribution in [1.82, 2.24) is 14.9 Å². The third-order valence-corrected chi connectivity index (χ3v) is 5.22. The van der Waals surface area contributed by atoms with Crippen LogP contribution in [0.15, 0.2) is 67.0 Å². The molecule has 0 spiro atoms. The number of piperazine rings is 1. The van der Waals surface area contributed by atoms with Crippen molar-refractivity contribution >= 4 is 17.3 Å². The van der Waals surface area contributed by atoms with Crippen LogP contribution in [-0.2, 0) is 0 Å². The van der Waals surface area contributed by atoms with Crippen LogP contribution in [0.25, 0.3) is 0 Å². The molecule has 2 N–H and O–H groups in total. The fourth-order valence-electron chi connectivity index (χ4n) is 3.87. The number of hydrogen-bond acceptors (Lipinski definition) is 7. The van der Waals surface area contributed by atoms with Crippen LogP contribution < -0.4 is 10.6 Å². The van der Waals surface area contributed by atoms with E-state index in [1.807, 2.05) is 17.0 Å². The van der Waals surface area contributed by atoms with Gasteiger partial charge < -0.3 is 10.6 Å². The number of nitrogens with zero attached hydrogens (tertiary/aromatic N) is 5. The summed E-state index contributed by atoms with van der Waals surface area (Å²) in [5.41, 5.74) is 7.96. The second kappa shape index (κ2) is 8.24. The van der Waals surface area contributed by atoms with Gasteiger partial charge in [-0.2, -0.15) is 0 Å². The average molecular weight is 390 g/mol. The molecule has 4 rings (SSSR count). The Labute approximate surface area is 168 Å². The van der Waals surface area contributed by atoms with E-state index in [9.17, 15) is 10.1 Å². The molecular weight excluding hydrogens is 368 g/mol. The smallest absolute Gasteiger partial charge is 0.353 e. The lowest BCUT2D eigenvalue weighted by atomic mass is 9.96. The summed E-state index contributed by atoms with van der Waals surface area (Å²) in [6.07, 6.45) is 1.28. The normalized spacial score (nSPS) is 14.9. The van der Waals surface area contributed by atoms with Crippen LogP contribution in [0.5, 0.6) is 0 Å². The number of anilines is 2. The molecule has 1 saturated heterocycles. The molecule has 0 bridgehead atoms. The van der Waals surface area contributed by atoms with E-state index in [2.05, 4.69) is 63.4 Å². The molecule has 1 aliphatic heterocycles. The van der Waals surface area contributed by atoms with Gasteiger partial charge >= 0.3 is 5.69 Å². The van der Waals surface area contributed by atoms with E-state index in [1.54, 1.807) is 0 Å². The summed E-state index contributed by atoms with van der Waals surface area (Å²) in [5, 5.41) is 11.4. The van der Waals surface area contributed by atoms with Gasteiger partial charge in [0.2, 0.25) is 11.6 Å². The number of aromatic nitrogens is 2. The average Bonchev–Trinajstić information content (AvgIpc) is 2.75. The SMILES string of the molecule is Nc1ncnc(N2CCN(C(c3ccccc3)c3ccccc3)CC2)c1[N+](=O)[O-]. The first-order chi connectivity index (χ1) is 14.1. The van der Waals surface area contributed by atoms with Gasteiger partial charge in [0.25, 0.3) is 0 Å². The predicted molar refractivity (Wildman–Crippen MR) is 112 cm³/mol. The fourth-order valence-corrected chi connectivity index (χ4v) is 3.87. The molecule has 0 saturated carbocycles. The van der Waals surface area contributed by atoms with Gasteiger partial charge in [0, 0.05) is 26.2 Å². The van der Waals surface area contributed by atoms with Gasteiger partial charge in [0.05, 0.1) is 11.0 Å². The topological polar surface area (TPSA) is 101 Å². The standard InChI is InChI=1S/C21H22N6O2/c22-20-19(27(28)29)21(24-15-23-20)26-13-11-25(12-14-26)18(16-7-3-1-4-8-16)17-9-5-2-6-10-17/h1-10,15,18H,11-14H2,(H2,22,23,24). The second-order valence-electron chi connectivity index (χ2n) is 6.94. The Morgan fingerprint density at radius 1 is 0.897 bits per heavy atom. The lowest BCUT2D eigenvalue weighted by Crippen LogP contribution is -2.48. The summed E-state index contributed by atoms with van der Waals surface area (Å²) in [4.78, 5) is 23.2. The van der Waals surface area contributed by atoms with Gasteiger partial charge in [-0.3, -0.25) is 15.0 Å². The van der Waals surface area contributed by atoms with Gasteiger partial charge in [-0.1, -0.05) is 60.7 Å². The Balaban J connectivity index is 1.58. The van der Waals surface area contributed by atoms with Crippen LogP contribution in [0.1, 0.15) is 17.2 Å². The van der Waals surface area contributed by atoms with Crippen molar-refractivity contribution in [1.29, 1.82) is 0 Å². The van der Waals surface area contributed by atoms with E-state index in [4.69, 9.17) is 5.73 Å². The minimum atomic E-state index is -0.506.